The van der Waals surface area contributed by atoms with E-state index in [9.17, 15) is 0 Å². The fraction of sp³-hybridized carbons (Fsp3) is 0.400. The summed E-state index contributed by atoms with van der Waals surface area (Å²) in [6, 6.07) is 14.6. The van der Waals surface area contributed by atoms with Gasteiger partial charge in [-0.25, -0.2) is 4.99 Å². The average Bonchev–Trinajstić information content (AvgIpc) is 2.59. The number of benzene rings is 1. The van der Waals surface area contributed by atoms with E-state index in [0.29, 0.717) is 6.54 Å². The van der Waals surface area contributed by atoms with Crippen molar-refractivity contribution in [1.82, 2.24) is 15.6 Å². The van der Waals surface area contributed by atoms with Crippen LogP contribution in [0.15, 0.2) is 53.7 Å². The van der Waals surface area contributed by atoms with E-state index in [1.807, 2.05) is 18.2 Å². The van der Waals surface area contributed by atoms with Crippen molar-refractivity contribution in [2.45, 2.75) is 39.7 Å². The number of aryl methyl sites for hydroxylation is 1. The number of nitrogens with zero attached hydrogens (tertiary/aromatic N) is 2. The second-order valence-corrected chi connectivity index (χ2v) is 6.62. The number of nitrogens with one attached hydrogen (secondary N) is 2. The molecule has 1 aromatic carbocycles. The SMILES string of the molecule is CCNC(=NCc1ccccn1)NCC(C)(C)c1ccc(C)cc1. The van der Waals surface area contributed by atoms with Crippen LogP contribution >= 0.6 is 0 Å². The van der Waals surface area contributed by atoms with Crippen LogP contribution in [0.4, 0.5) is 0 Å². The number of pyridine rings is 1. The highest BCUT2D eigenvalue weighted by Gasteiger charge is 2.20. The molecule has 0 fully saturated rings. The summed E-state index contributed by atoms with van der Waals surface area (Å²) in [4.78, 5) is 8.94. The van der Waals surface area contributed by atoms with Crippen LogP contribution in [-0.4, -0.2) is 24.0 Å². The normalized spacial score (nSPS) is 12.1. The number of aromatic nitrogens is 1. The van der Waals surface area contributed by atoms with Crippen LogP contribution in [0.25, 0.3) is 0 Å². The van der Waals surface area contributed by atoms with Gasteiger partial charge in [0.05, 0.1) is 12.2 Å². The summed E-state index contributed by atoms with van der Waals surface area (Å²) in [5.41, 5.74) is 3.59. The monoisotopic (exact) mass is 324 g/mol. The zero-order valence-electron chi connectivity index (χ0n) is 15.1. The first-order valence-corrected chi connectivity index (χ1v) is 8.50. The van der Waals surface area contributed by atoms with Crippen LogP contribution in [0.2, 0.25) is 0 Å². The summed E-state index contributed by atoms with van der Waals surface area (Å²) >= 11 is 0. The molecule has 1 heterocycles. The molecule has 0 unspecified atom stereocenters. The molecule has 2 N–H and O–H groups in total. The first kappa shape index (κ1) is 18.0. The summed E-state index contributed by atoms with van der Waals surface area (Å²) in [6.45, 7) is 10.9. The quantitative estimate of drug-likeness (QED) is 0.632. The van der Waals surface area contributed by atoms with Gasteiger partial charge in [-0.2, -0.15) is 0 Å². The summed E-state index contributed by atoms with van der Waals surface area (Å²) in [7, 11) is 0. The zero-order chi connectivity index (χ0) is 17.4. The van der Waals surface area contributed by atoms with Crippen LogP contribution in [0.5, 0.6) is 0 Å². The van der Waals surface area contributed by atoms with Gasteiger partial charge in [0, 0.05) is 24.7 Å². The highest BCUT2D eigenvalue weighted by Crippen LogP contribution is 2.22. The minimum Gasteiger partial charge on any atom is -0.357 e. The molecule has 0 saturated heterocycles. The van der Waals surface area contributed by atoms with E-state index in [0.717, 1.165) is 24.7 Å². The molecule has 2 rings (SSSR count). The third-order valence-corrected chi connectivity index (χ3v) is 4.00. The third kappa shape index (κ3) is 5.37. The molecule has 0 saturated carbocycles. The molecule has 0 aliphatic heterocycles. The Morgan fingerprint density at radius 1 is 1.08 bits per heavy atom. The van der Waals surface area contributed by atoms with Crippen LogP contribution < -0.4 is 10.6 Å². The molecule has 128 valence electrons. The van der Waals surface area contributed by atoms with E-state index in [1.54, 1.807) is 6.20 Å². The van der Waals surface area contributed by atoms with Crippen LogP contribution in [0.1, 0.15) is 37.6 Å². The van der Waals surface area contributed by atoms with Gasteiger partial charge in [-0.1, -0.05) is 49.7 Å². The summed E-state index contributed by atoms with van der Waals surface area (Å²) in [6.07, 6.45) is 1.80. The lowest BCUT2D eigenvalue weighted by Crippen LogP contribution is -2.43. The summed E-state index contributed by atoms with van der Waals surface area (Å²) in [5, 5.41) is 6.75. The topological polar surface area (TPSA) is 49.3 Å². The van der Waals surface area contributed by atoms with Crippen molar-refractivity contribution in [2.75, 3.05) is 13.1 Å². The fourth-order valence-corrected chi connectivity index (χ4v) is 2.40. The Morgan fingerprint density at radius 3 is 2.46 bits per heavy atom. The lowest BCUT2D eigenvalue weighted by molar-refractivity contribution is 0.508. The molecule has 0 aliphatic carbocycles. The molecule has 24 heavy (non-hydrogen) atoms. The predicted molar refractivity (Wildman–Crippen MR) is 101 cm³/mol. The molecule has 0 radical (unpaired) electrons. The highest BCUT2D eigenvalue weighted by atomic mass is 15.2. The van der Waals surface area contributed by atoms with Crippen LogP contribution in [0.3, 0.4) is 0 Å². The summed E-state index contributed by atoms with van der Waals surface area (Å²) in [5.74, 6) is 0.823. The molecule has 4 heteroatoms. The minimum absolute atomic E-state index is 0.0227. The maximum absolute atomic E-state index is 4.63. The highest BCUT2D eigenvalue weighted by molar-refractivity contribution is 5.79. The minimum atomic E-state index is 0.0227. The Hall–Kier alpha value is -2.36. The van der Waals surface area contributed by atoms with Gasteiger partial charge in [-0.15, -0.1) is 0 Å². The number of aliphatic imine (C=N–C) groups is 1. The second-order valence-electron chi connectivity index (χ2n) is 6.62. The molecular formula is C20H28N4. The van der Waals surface area contributed by atoms with Gasteiger partial charge in [0.2, 0.25) is 0 Å². The number of hydrogen-bond donors (Lipinski definition) is 2. The van der Waals surface area contributed by atoms with E-state index in [4.69, 9.17) is 0 Å². The van der Waals surface area contributed by atoms with Gasteiger partial charge in [0.15, 0.2) is 5.96 Å². The van der Waals surface area contributed by atoms with Gasteiger partial charge >= 0.3 is 0 Å². The Morgan fingerprint density at radius 2 is 1.83 bits per heavy atom. The van der Waals surface area contributed by atoms with Crippen molar-refractivity contribution in [3.05, 3.63) is 65.5 Å². The first-order valence-electron chi connectivity index (χ1n) is 8.50. The summed E-state index contributed by atoms with van der Waals surface area (Å²) < 4.78 is 0. The average molecular weight is 324 g/mol. The smallest absolute Gasteiger partial charge is 0.191 e. The van der Waals surface area contributed by atoms with Crippen molar-refractivity contribution < 1.29 is 0 Å². The van der Waals surface area contributed by atoms with E-state index >= 15 is 0 Å². The van der Waals surface area contributed by atoms with Gasteiger partial charge < -0.3 is 10.6 Å². The third-order valence-electron chi connectivity index (χ3n) is 4.00. The van der Waals surface area contributed by atoms with Gasteiger partial charge in [-0.05, 0) is 31.5 Å². The largest absolute Gasteiger partial charge is 0.357 e. The molecule has 0 spiro atoms. The lowest BCUT2D eigenvalue weighted by Gasteiger charge is -2.27. The molecule has 0 aliphatic rings. The Labute approximate surface area is 145 Å². The number of rotatable bonds is 6. The van der Waals surface area contributed by atoms with Gasteiger partial charge in [-0.3, -0.25) is 4.98 Å². The van der Waals surface area contributed by atoms with Crippen molar-refractivity contribution in [3.63, 3.8) is 0 Å². The van der Waals surface area contributed by atoms with E-state index in [1.165, 1.54) is 11.1 Å². The lowest BCUT2D eigenvalue weighted by atomic mass is 9.84. The molecule has 0 bridgehead atoms. The maximum Gasteiger partial charge on any atom is 0.191 e. The molecule has 2 aromatic rings. The molecular weight excluding hydrogens is 296 g/mol. The maximum atomic E-state index is 4.63. The van der Waals surface area contributed by atoms with Crippen LogP contribution in [0, 0.1) is 6.92 Å². The fourth-order valence-electron chi connectivity index (χ4n) is 2.40. The Kier molecular flexibility index (Phi) is 6.36. The van der Waals surface area contributed by atoms with Crippen molar-refractivity contribution in [3.8, 4) is 0 Å². The molecule has 1 aromatic heterocycles. The molecule has 0 amide bonds. The van der Waals surface area contributed by atoms with E-state index in [2.05, 4.69) is 72.6 Å². The molecule has 4 nitrogen and oxygen atoms in total. The zero-order valence-corrected chi connectivity index (χ0v) is 15.1. The van der Waals surface area contributed by atoms with Crippen molar-refractivity contribution in [2.24, 2.45) is 4.99 Å². The van der Waals surface area contributed by atoms with Crippen molar-refractivity contribution >= 4 is 5.96 Å². The van der Waals surface area contributed by atoms with Crippen LogP contribution in [-0.2, 0) is 12.0 Å². The Bertz CT molecular complexity index is 645. The predicted octanol–water partition coefficient (Wildman–Crippen LogP) is 3.42. The van der Waals surface area contributed by atoms with Gasteiger partial charge in [0.1, 0.15) is 0 Å². The van der Waals surface area contributed by atoms with E-state index < -0.39 is 0 Å². The first-order chi connectivity index (χ1) is 11.5. The van der Waals surface area contributed by atoms with Crippen molar-refractivity contribution in [1.29, 1.82) is 0 Å². The number of hydrogen-bond acceptors (Lipinski definition) is 2. The second kappa shape index (κ2) is 8.48. The molecule has 0 atom stereocenters. The standard InChI is InChI=1S/C20H28N4/c1-5-21-19(23-14-18-8-6-7-13-22-18)24-15-20(3,4)17-11-9-16(2)10-12-17/h6-13H,5,14-15H2,1-4H3,(H2,21,23,24). The van der Waals surface area contributed by atoms with E-state index in [-0.39, 0.29) is 5.41 Å². The number of guanidine groups is 1. The van der Waals surface area contributed by atoms with Gasteiger partial charge in [0.25, 0.3) is 0 Å². The Balaban J connectivity index is 2.00.